The molecule has 1 saturated heterocycles. The molecule has 1 atom stereocenters. The van der Waals surface area contributed by atoms with Gasteiger partial charge in [0.2, 0.25) is 0 Å². The van der Waals surface area contributed by atoms with Crippen LogP contribution < -0.4 is 0 Å². The Balaban J connectivity index is 2.39. The molecule has 0 aromatic rings. The highest BCUT2D eigenvalue weighted by Crippen LogP contribution is 2.33. The molecule has 0 amide bonds. The molecule has 0 saturated carbocycles. The molecule has 4 heteroatoms. The molecule has 2 rings (SSSR count). The molecule has 0 bridgehead atoms. The van der Waals surface area contributed by atoms with Crippen LogP contribution in [0.3, 0.4) is 0 Å². The Kier molecular flexibility index (Phi) is 1.52. The Hall–Kier alpha value is -1.13. The number of carbonyl (C=O) groups excluding carboxylic acids is 1. The summed E-state index contributed by atoms with van der Waals surface area (Å²) in [5.41, 5.74) is 0. The zero-order valence-corrected chi connectivity index (χ0v) is 6.57. The lowest BCUT2D eigenvalue weighted by atomic mass is 10.1. The highest BCUT2D eigenvalue weighted by atomic mass is 16.8. The molecule has 1 fully saturated rings. The maximum absolute atomic E-state index is 10.9. The Morgan fingerprint density at radius 3 is 3.25 bits per heavy atom. The number of rotatable bonds is 1. The molecule has 0 aromatic heterocycles. The SMILES string of the molecule is COC12C=CC(=O)C=C1OCO2. The lowest BCUT2D eigenvalue weighted by Gasteiger charge is -2.22. The van der Waals surface area contributed by atoms with Crippen LogP contribution >= 0.6 is 0 Å². The van der Waals surface area contributed by atoms with Crippen molar-refractivity contribution in [1.82, 2.24) is 0 Å². The summed E-state index contributed by atoms with van der Waals surface area (Å²) in [6.07, 6.45) is 4.33. The van der Waals surface area contributed by atoms with Crippen LogP contribution in [0.5, 0.6) is 0 Å². The van der Waals surface area contributed by atoms with Gasteiger partial charge in [0.1, 0.15) is 0 Å². The van der Waals surface area contributed by atoms with E-state index in [-0.39, 0.29) is 12.6 Å². The van der Waals surface area contributed by atoms with E-state index in [0.717, 1.165) is 0 Å². The van der Waals surface area contributed by atoms with Crippen LogP contribution in [0.1, 0.15) is 0 Å². The van der Waals surface area contributed by atoms with Gasteiger partial charge >= 0.3 is 0 Å². The van der Waals surface area contributed by atoms with Crippen LogP contribution in [0.4, 0.5) is 0 Å². The molecule has 0 radical (unpaired) electrons. The number of hydrogen-bond acceptors (Lipinski definition) is 4. The van der Waals surface area contributed by atoms with Crippen LogP contribution in [-0.4, -0.2) is 25.5 Å². The molecule has 0 N–H and O–H groups in total. The lowest BCUT2D eigenvalue weighted by Crippen LogP contribution is -2.32. The Labute approximate surface area is 69.4 Å². The summed E-state index contributed by atoms with van der Waals surface area (Å²) in [5.74, 6) is -0.630. The molecule has 64 valence electrons. The minimum absolute atomic E-state index is 0.108. The van der Waals surface area contributed by atoms with E-state index in [1.165, 1.54) is 19.3 Å². The van der Waals surface area contributed by atoms with E-state index in [1.54, 1.807) is 6.08 Å². The minimum atomic E-state index is -0.950. The van der Waals surface area contributed by atoms with Gasteiger partial charge in [-0.1, -0.05) is 0 Å². The smallest absolute Gasteiger partial charge is 0.251 e. The van der Waals surface area contributed by atoms with Gasteiger partial charge in [-0.3, -0.25) is 4.79 Å². The predicted molar refractivity (Wildman–Crippen MR) is 39.0 cm³/mol. The summed E-state index contributed by atoms with van der Waals surface area (Å²) in [4.78, 5) is 10.9. The van der Waals surface area contributed by atoms with Crippen LogP contribution in [-0.2, 0) is 19.0 Å². The molecular weight excluding hydrogens is 160 g/mol. The number of fused-ring (bicyclic) bond motifs is 1. The van der Waals surface area contributed by atoms with Crippen molar-refractivity contribution in [2.75, 3.05) is 13.9 Å². The first kappa shape index (κ1) is 7.52. The first-order valence-electron chi connectivity index (χ1n) is 3.54. The van der Waals surface area contributed by atoms with Crippen molar-refractivity contribution in [2.45, 2.75) is 5.79 Å². The van der Waals surface area contributed by atoms with Crippen molar-refractivity contribution in [3.8, 4) is 0 Å². The van der Waals surface area contributed by atoms with Gasteiger partial charge in [0, 0.05) is 13.2 Å². The summed E-state index contributed by atoms with van der Waals surface area (Å²) >= 11 is 0. The summed E-state index contributed by atoms with van der Waals surface area (Å²) in [5, 5.41) is 0. The van der Waals surface area contributed by atoms with Gasteiger partial charge in [0.25, 0.3) is 5.79 Å². The fourth-order valence-corrected chi connectivity index (χ4v) is 1.22. The zero-order chi connectivity index (χ0) is 8.60. The average Bonchev–Trinajstić information content (AvgIpc) is 2.48. The second-order valence-electron chi connectivity index (χ2n) is 2.52. The van der Waals surface area contributed by atoms with E-state index in [0.29, 0.717) is 5.76 Å². The van der Waals surface area contributed by atoms with E-state index < -0.39 is 5.79 Å². The molecule has 12 heavy (non-hydrogen) atoms. The van der Waals surface area contributed by atoms with E-state index >= 15 is 0 Å². The Morgan fingerprint density at radius 1 is 1.67 bits per heavy atom. The third-order valence-corrected chi connectivity index (χ3v) is 1.87. The van der Waals surface area contributed by atoms with Crippen LogP contribution in [0.2, 0.25) is 0 Å². The number of methoxy groups -OCH3 is 1. The number of ketones is 1. The van der Waals surface area contributed by atoms with Crippen molar-refractivity contribution in [3.63, 3.8) is 0 Å². The largest absolute Gasteiger partial charge is 0.465 e. The number of ether oxygens (including phenoxy) is 3. The summed E-state index contributed by atoms with van der Waals surface area (Å²) in [6, 6.07) is 0. The number of hydrogen-bond donors (Lipinski definition) is 0. The standard InChI is InChI=1S/C8H8O4/c1-10-8-3-2-6(9)4-7(8)11-5-12-8/h2-4H,5H2,1H3. The average molecular weight is 168 g/mol. The van der Waals surface area contributed by atoms with Gasteiger partial charge < -0.3 is 14.2 Å². The lowest BCUT2D eigenvalue weighted by molar-refractivity contribution is -0.141. The fraction of sp³-hybridized carbons (Fsp3) is 0.375. The highest BCUT2D eigenvalue weighted by molar-refractivity contribution is 6.01. The van der Waals surface area contributed by atoms with Crippen LogP contribution in [0, 0.1) is 0 Å². The van der Waals surface area contributed by atoms with Crippen LogP contribution in [0.25, 0.3) is 0 Å². The second-order valence-corrected chi connectivity index (χ2v) is 2.52. The molecule has 1 aliphatic carbocycles. The molecule has 4 nitrogen and oxygen atoms in total. The third-order valence-electron chi connectivity index (χ3n) is 1.87. The molecule has 2 aliphatic rings. The maximum atomic E-state index is 10.9. The summed E-state index contributed by atoms with van der Waals surface area (Å²) < 4.78 is 15.4. The van der Waals surface area contributed by atoms with Crippen LogP contribution in [0.15, 0.2) is 24.0 Å². The predicted octanol–water partition coefficient (Wildman–Crippen LogP) is 0.356. The summed E-state index contributed by atoms with van der Waals surface area (Å²) in [7, 11) is 1.50. The molecule has 1 aliphatic heterocycles. The van der Waals surface area contributed by atoms with E-state index in [2.05, 4.69) is 0 Å². The number of carbonyl (C=O) groups is 1. The first-order valence-corrected chi connectivity index (χ1v) is 3.54. The third kappa shape index (κ3) is 0.888. The monoisotopic (exact) mass is 168 g/mol. The van der Waals surface area contributed by atoms with Gasteiger partial charge in [0.05, 0.1) is 0 Å². The fourth-order valence-electron chi connectivity index (χ4n) is 1.22. The molecule has 1 heterocycles. The molecule has 0 spiro atoms. The van der Waals surface area contributed by atoms with E-state index in [9.17, 15) is 4.79 Å². The normalized spacial score (nSPS) is 32.8. The van der Waals surface area contributed by atoms with Crippen molar-refractivity contribution < 1.29 is 19.0 Å². The highest BCUT2D eigenvalue weighted by Gasteiger charge is 2.42. The maximum Gasteiger partial charge on any atom is 0.251 e. The van der Waals surface area contributed by atoms with Crippen molar-refractivity contribution in [1.29, 1.82) is 0 Å². The minimum Gasteiger partial charge on any atom is -0.465 e. The van der Waals surface area contributed by atoms with Gasteiger partial charge in [0.15, 0.2) is 18.3 Å². The van der Waals surface area contributed by atoms with Crippen molar-refractivity contribution >= 4 is 5.78 Å². The van der Waals surface area contributed by atoms with E-state index in [1.807, 2.05) is 0 Å². The Morgan fingerprint density at radius 2 is 2.50 bits per heavy atom. The summed E-state index contributed by atoms with van der Waals surface area (Å²) in [6.45, 7) is 0.122. The van der Waals surface area contributed by atoms with Gasteiger partial charge in [-0.2, -0.15) is 0 Å². The van der Waals surface area contributed by atoms with E-state index in [4.69, 9.17) is 14.2 Å². The second kappa shape index (κ2) is 2.43. The number of allylic oxidation sites excluding steroid dienone is 2. The van der Waals surface area contributed by atoms with Gasteiger partial charge in [-0.25, -0.2) is 0 Å². The van der Waals surface area contributed by atoms with Gasteiger partial charge in [-0.15, -0.1) is 0 Å². The molecular formula is C8H8O4. The first-order chi connectivity index (χ1) is 5.77. The van der Waals surface area contributed by atoms with Crippen molar-refractivity contribution in [3.05, 3.63) is 24.0 Å². The van der Waals surface area contributed by atoms with Gasteiger partial charge in [-0.05, 0) is 12.2 Å². The quantitative estimate of drug-likeness (QED) is 0.567. The Bertz CT molecular complexity index is 279. The molecule has 0 aromatic carbocycles. The zero-order valence-electron chi connectivity index (χ0n) is 6.57. The topological polar surface area (TPSA) is 44.8 Å². The van der Waals surface area contributed by atoms with Crippen molar-refractivity contribution in [2.24, 2.45) is 0 Å². The molecule has 1 unspecified atom stereocenters.